The molecule has 0 atom stereocenters. The molecule has 118 valence electrons. The van der Waals surface area contributed by atoms with Crippen molar-refractivity contribution >= 4 is 10.0 Å². The third-order valence-corrected chi connectivity index (χ3v) is 4.53. The van der Waals surface area contributed by atoms with E-state index in [-0.39, 0.29) is 17.3 Å². The van der Waals surface area contributed by atoms with E-state index in [0.29, 0.717) is 5.76 Å². The van der Waals surface area contributed by atoms with E-state index in [1.54, 1.807) is 0 Å². The van der Waals surface area contributed by atoms with Gasteiger partial charge in [-0.2, -0.15) is 0 Å². The van der Waals surface area contributed by atoms with Gasteiger partial charge in [-0.15, -0.1) is 0 Å². The van der Waals surface area contributed by atoms with E-state index in [1.807, 2.05) is 30.3 Å². The molecule has 1 N–H and O–H groups in total. The first-order valence-corrected chi connectivity index (χ1v) is 8.28. The summed E-state index contributed by atoms with van der Waals surface area (Å²) >= 11 is 0. The summed E-state index contributed by atoms with van der Waals surface area (Å²) in [5.74, 6) is 0.157. The summed E-state index contributed by atoms with van der Waals surface area (Å²) < 4.78 is 45.1. The van der Waals surface area contributed by atoms with Crippen molar-refractivity contribution in [3.63, 3.8) is 0 Å². The molecule has 7 heteroatoms. The van der Waals surface area contributed by atoms with Crippen LogP contribution in [0.25, 0.3) is 11.3 Å². The number of hydrogen-bond donors (Lipinski definition) is 1. The van der Waals surface area contributed by atoms with Crippen LogP contribution in [-0.4, -0.2) is 13.4 Å². The average molecular weight is 332 g/mol. The van der Waals surface area contributed by atoms with Crippen LogP contribution in [0.4, 0.5) is 4.39 Å². The van der Waals surface area contributed by atoms with Crippen molar-refractivity contribution in [3.05, 3.63) is 72.5 Å². The van der Waals surface area contributed by atoms with E-state index >= 15 is 0 Å². The molecular formula is C16H13FN2O3S. The van der Waals surface area contributed by atoms with Gasteiger partial charge in [0.25, 0.3) is 0 Å². The lowest BCUT2D eigenvalue weighted by Crippen LogP contribution is -2.23. The monoisotopic (exact) mass is 332 g/mol. The number of nitrogens with zero attached hydrogens (tertiary/aromatic N) is 1. The molecule has 5 nitrogen and oxygen atoms in total. The number of rotatable bonds is 5. The molecule has 0 saturated heterocycles. The van der Waals surface area contributed by atoms with Crippen molar-refractivity contribution in [3.8, 4) is 11.3 Å². The minimum absolute atomic E-state index is 0.119. The van der Waals surface area contributed by atoms with Crippen LogP contribution in [0.1, 0.15) is 5.89 Å². The Bertz CT molecular complexity index is 908. The van der Waals surface area contributed by atoms with Crippen molar-refractivity contribution in [2.45, 2.75) is 11.4 Å². The minimum atomic E-state index is -3.83. The summed E-state index contributed by atoms with van der Waals surface area (Å²) in [6, 6.07) is 14.1. The lowest BCUT2D eigenvalue weighted by Gasteiger charge is -2.04. The Kier molecular flexibility index (Phi) is 4.22. The highest BCUT2D eigenvalue weighted by molar-refractivity contribution is 7.89. The number of nitrogens with one attached hydrogen (secondary N) is 1. The summed E-state index contributed by atoms with van der Waals surface area (Å²) in [5, 5.41) is 0. The first kappa shape index (κ1) is 15.4. The van der Waals surface area contributed by atoms with Crippen LogP contribution in [0.3, 0.4) is 0 Å². The number of hydrogen-bond acceptors (Lipinski definition) is 4. The van der Waals surface area contributed by atoms with E-state index in [4.69, 9.17) is 4.42 Å². The summed E-state index contributed by atoms with van der Waals surface area (Å²) in [5.41, 5.74) is 0.847. The number of aromatic nitrogens is 1. The lowest BCUT2D eigenvalue weighted by molar-refractivity contribution is 0.494. The lowest BCUT2D eigenvalue weighted by atomic mass is 10.2. The van der Waals surface area contributed by atoms with Crippen molar-refractivity contribution in [1.29, 1.82) is 0 Å². The Hall–Kier alpha value is -2.51. The van der Waals surface area contributed by atoms with E-state index in [0.717, 1.165) is 11.6 Å². The molecule has 0 amide bonds. The quantitative estimate of drug-likeness (QED) is 0.780. The van der Waals surface area contributed by atoms with Crippen molar-refractivity contribution in [2.75, 3.05) is 0 Å². The van der Waals surface area contributed by atoms with Gasteiger partial charge >= 0.3 is 0 Å². The van der Waals surface area contributed by atoms with Gasteiger partial charge in [-0.05, 0) is 18.2 Å². The van der Waals surface area contributed by atoms with Crippen molar-refractivity contribution < 1.29 is 17.2 Å². The molecule has 0 aliphatic heterocycles. The van der Waals surface area contributed by atoms with Crippen molar-refractivity contribution in [2.24, 2.45) is 0 Å². The normalized spacial score (nSPS) is 11.5. The van der Waals surface area contributed by atoms with Crippen LogP contribution in [0.2, 0.25) is 0 Å². The van der Waals surface area contributed by atoms with Gasteiger partial charge in [-0.3, -0.25) is 0 Å². The maximum Gasteiger partial charge on any atom is 0.241 e. The van der Waals surface area contributed by atoms with Gasteiger partial charge in [0.15, 0.2) is 5.76 Å². The zero-order chi connectivity index (χ0) is 16.3. The molecule has 1 aromatic heterocycles. The highest BCUT2D eigenvalue weighted by atomic mass is 32.2. The topological polar surface area (TPSA) is 72.2 Å². The van der Waals surface area contributed by atoms with Crippen LogP contribution in [0, 0.1) is 5.82 Å². The van der Waals surface area contributed by atoms with Crippen LogP contribution < -0.4 is 4.72 Å². The number of benzene rings is 2. The summed E-state index contributed by atoms with van der Waals surface area (Å²) in [4.78, 5) is 3.89. The van der Waals surface area contributed by atoms with Gasteiger partial charge < -0.3 is 4.42 Å². The smallest absolute Gasteiger partial charge is 0.241 e. The van der Waals surface area contributed by atoms with Crippen LogP contribution in [-0.2, 0) is 16.6 Å². The first-order chi connectivity index (χ1) is 11.0. The molecule has 0 bridgehead atoms. The second kappa shape index (κ2) is 6.31. The Labute approximate surface area is 132 Å². The second-order valence-corrected chi connectivity index (χ2v) is 6.53. The molecular weight excluding hydrogens is 319 g/mol. The summed E-state index contributed by atoms with van der Waals surface area (Å²) in [6.07, 6.45) is 1.53. The van der Waals surface area contributed by atoms with Gasteiger partial charge in [0.1, 0.15) is 5.82 Å². The number of sulfonamides is 1. The Morgan fingerprint density at radius 3 is 2.61 bits per heavy atom. The third kappa shape index (κ3) is 3.64. The predicted octanol–water partition coefficient (Wildman–Crippen LogP) is 2.96. The standard InChI is InChI=1S/C16H13FN2O3S/c17-13-7-4-8-14(9-13)23(20,21)19-11-16-18-10-15(22-16)12-5-2-1-3-6-12/h1-10,19H,11H2. The molecule has 0 spiro atoms. The van der Waals surface area contributed by atoms with E-state index in [1.165, 1.54) is 24.4 Å². The molecule has 0 unspecified atom stereocenters. The summed E-state index contributed by atoms with van der Waals surface area (Å²) in [6.45, 7) is -0.119. The molecule has 0 radical (unpaired) electrons. The second-order valence-electron chi connectivity index (χ2n) is 4.77. The number of halogens is 1. The number of oxazole rings is 1. The molecule has 0 saturated carbocycles. The third-order valence-electron chi connectivity index (χ3n) is 3.13. The van der Waals surface area contributed by atoms with Gasteiger partial charge in [0.2, 0.25) is 15.9 Å². The van der Waals surface area contributed by atoms with Crippen molar-refractivity contribution in [1.82, 2.24) is 9.71 Å². The molecule has 3 rings (SSSR count). The van der Waals surface area contributed by atoms with E-state index < -0.39 is 15.8 Å². The first-order valence-electron chi connectivity index (χ1n) is 6.80. The fraction of sp³-hybridized carbons (Fsp3) is 0.0625. The molecule has 1 heterocycles. The molecule has 3 aromatic rings. The van der Waals surface area contributed by atoms with Gasteiger partial charge in [0, 0.05) is 5.56 Å². The van der Waals surface area contributed by atoms with E-state index in [2.05, 4.69) is 9.71 Å². The predicted molar refractivity (Wildman–Crippen MR) is 82.4 cm³/mol. The minimum Gasteiger partial charge on any atom is -0.439 e. The van der Waals surface area contributed by atoms with Crippen LogP contribution in [0.5, 0.6) is 0 Å². The van der Waals surface area contributed by atoms with Gasteiger partial charge in [-0.25, -0.2) is 22.5 Å². The van der Waals surface area contributed by atoms with Gasteiger partial charge in [0.05, 0.1) is 17.6 Å². The highest BCUT2D eigenvalue weighted by Gasteiger charge is 2.16. The Balaban J connectivity index is 1.73. The Morgan fingerprint density at radius 2 is 1.87 bits per heavy atom. The molecule has 23 heavy (non-hydrogen) atoms. The average Bonchev–Trinajstić information content (AvgIpc) is 3.03. The maximum absolute atomic E-state index is 13.1. The van der Waals surface area contributed by atoms with Crippen LogP contribution >= 0.6 is 0 Å². The zero-order valence-corrected chi connectivity index (χ0v) is 12.8. The largest absolute Gasteiger partial charge is 0.439 e. The van der Waals surface area contributed by atoms with E-state index in [9.17, 15) is 12.8 Å². The van der Waals surface area contributed by atoms with Crippen LogP contribution in [0.15, 0.2) is 70.1 Å². The summed E-state index contributed by atoms with van der Waals surface area (Å²) in [7, 11) is -3.83. The fourth-order valence-corrected chi connectivity index (χ4v) is 3.01. The maximum atomic E-state index is 13.1. The molecule has 0 aliphatic carbocycles. The molecule has 2 aromatic carbocycles. The zero-order valence-electron chi connectivity index (χ0n) is 11.9. The molecule has 0 fully saturated rings. The fourth-order valence-electron chi connectivity index (χ4n) is 2.00. The Morgan fingerprint density at radius 1 is 1.09 bits per heavy atom. The SMILES string of the molecule is O=S(=O)(NCc1ncc(-c2ccccc2)o1)c1cccc(F)c1. The molecule has 0 aliphatic rings. The van der Waals surface area contributed by atoms with Gasteiger partial charge in [-0.1, -0.05) is 36.4 Å². The highest BCUT2D eigenvalue weighted by Crippen LogP contribution is 2.20.